The zero-order chi connectivity index (χ0) is 30.0. The van der Waals surface area contributed by atoms with Crippen LogP contribution in [0.4, 0.5) is 14.7 Å². The Morgan fingerprint density at radius 2 is 1.81 bits per heavy atom. The van der Waals surface area contributed by atoms with Gasteiger partial charge in [-0.2, -0.15) is 8.78 Å². The summed E-state index contributed by atoms with van der Waals surface area (Å²) in [4.78, 5) is 48.9. The molecule has 2 aromatic carbocycles. The van der Waals surface area contributed by atoms with E-state index in [2.05, 4.69) is 14.7 Å². The highest BCUT2D eigenvalue weighted by molar-refractivity contribution is 5.84. The lowest BCUT2D eigenvalue weighted by atomic mass is 10.1. The highest BCUT2D eigenvalue weighted by atomic mass is 19.3. The maximum atomic E-state index is 13.0. The normalized spacial score (nSPS) is 15.4. The first-order valence-electron chi connectivity index (χ1n) is 13.4. The van der Waals surface area contributed by atoms with Crippen molar-refractivity contribution in [3.05, 3.63) is 70.8 Å². The van der Waals surface area contributed by atoms with E-state index in [1.165, 1.54) is 10.7 Å². The number of aromatic nitrogens is 4. The van der Waals surface area contributed by atoms with Crippen LogP contribution in [0.3, 0.4) is 0 Å². The first-order valence-corrected chi connectivity index (χ1v) is 13.4. The van der Waals surface area contributed by atoms with Gasteiger partial charge in [-0.3, -0.25) is 23.7 Å². The second-order valence-corrected chi connectivity index (χ2v) is 10.2. The molecule has 1 fully saturated rings. The number of hydrogen-bond acceptors (Lipinski definition) is 7. The number of rotatable bonds is 9. The summed E-state index contributed by atoms with van der Waals surface area (Å²) in [5, 5.41) is 9.34. The molecule has 1 N–H and O–H groups in total. The van der Waals surface area contributed by atoms with E-state index in [1.54, 1.807) is 53.3 Å². The summed E-state index contributed by atoms with van der Waals surface area (Å²) in [6, 6.07) is 11.7. The van der Waals surface area contributed by atoms with Gasteiger partial charge in [-0.05, 0) is 30.7 Å². The first-order chi connectivity index (χ1) is 20.1. The van der Waals surface area contributed by atoms with Crippen molar-refractivity contribution in [1.82, 2.24) is 24.2 Å². The average molecular weight is 581 g/mol. The van der Waals surface area contributed by atoms with Crippen LogP contribution >= 0.6 is 0 Å². The number of nitrogens with zero attached hydrogens (tertiary/aromatic N) is 6. The molecule has 1 saturated heterocycles. The number of anilines is 1. The molecule has 0 bridgehead atoms. The molecule has 13 heteroatoms. The number of carbonyl (C=O) groups excluding carboxylic acids is 1. The Kier molecular flexibility index (Phi) is 8.18. The molecule has 1 atom stereocenters. The highest BCUT2D eigenvalue weighted by Crippen LogP contribution is 2.27. The molecular formula is C29H30F2N6O5. The van der Waals surface area contributed by atoms with Crippen molar-refractivity contribution in [2.45, 2.75) is 39.0 Å². The number of benzene rings is 2. The lowest BCUT2D eigenvalue weighted by molar-refractivity contribution is -0.141. The first kappa shape index (κ1) is 28.7. The van der Waals surface area contributed by atoms with Crippen LogP contribution in [0.1, 0.15) is 25.3 Å². The second kappa shape index (κ2) is 12.0. The SMILES string of the molecule is C[C@@H]1CN(c2ncc(-c3ccc4c(=O)n(C)n(Cc5ccccc5OC(F)F)c4c3)cn2)CCN1C(=O)CCC(=O)O. The second-order valence-electron chi connectivity index (χ2n) is 10.2. The van der Waals surface area contributed by atoms with Crippen LogP contribution in [0.15, 0.2) is 59.7 Å². The molecule has 3 heterocycles. The van der Waals surface area contributed by atoms with E-state index in [-0.39, 0.29) is 42.6 Å². The molecule has 0 saturated carbocycles. The van der Waals surface area contributed by atoms with Crippen molar-refractivity contribution in [2.24, 2.45) is 7.05 Å². The molecule has 2 aromatic heterocycles. The topological polar surface area (TPSA) is 123 Å². The van der Waals surface area contributed by atoms with Crippen LogP contribution in [-0.2, 0) is 23.2 Å². The summed E-state index contributed by atoms with van der Waals surface area (Å²) >= 11 is 0. The molecule has 0 aliphatic carbocycles. The number of para-hydroxylation sites is 1. The quantitative estimate of drug-likeness (QED) is 0.320. The fourth-order valence-corrected chi connectivity index (χ4v) is 5.25. The minimum absolute atomic E-state index is 0.0273. The van der Waals surface area contributed by atoms with Crippen LogP contribution in [0, 0.1) is 0 Å². The number of carboxylic acids is 1. The van der Waals surface area contributed by atoms with Crippen molar-refractivity contribution < 1.29 is 28.2 Å². The largest absolute Gasteiger partial charge is 0.481 e. The number of ether oxygens (including phenoxy) is 1. The summed E-state index contributed by atoms with van der Waals surface area (Å²) in [5.41, 5.74) is 2.40. The molecule has 0 radical (unpaired) electrons. The molecule has 220 valence electrons. The van der Waals surface area contributed by atoms with Crippen LogP contribution in [0.5, 0.6) is 5.75 Å². The maximum absolute atomic E-state index is 13.0. The molecule has 1 amide bonds. The van der Waals surface area contributed by atoms with Gasteiger partial charge < -0.3 is 19.6 Å². The third-order valence-corrected chi connectivity index (χ3v) is 7.43. The average Bonchev–Trinajstić information content (AvgIpc) is 3.20. The van der Waals surface area contributed by atoms with Crippen molar-refractivity contribution in [2.75, 3.05) is 24.5 Å². The lowest BCUT2D eigenvalue weighted by Gasteiger charge is -2.39. The zero-order valence-corrected chi connectivity index (χ0v) is 23.1. The summed E-state index contributed by atoms with van der Waals surface area (Å²) < 4.78 is 33.7. The molecule has 1 aliphatic rings. The van der Waals surface area contributed by atoms with E-state index < -0.39 is 12.6 Å². The number of halogens is 2. The van der Waals surface area contributed by atoms with Gasteiger partial charge in [-0.25, -0.2) is 9.97 Å². The molecule has 11 nitrogen and oxygen atoms in total. The monoisotopic (exact) mass is 580 g/mol. The smallest absolute Gasteiger partial charge is 0.387 e. The number of aliphatic carboxylic acids is 1. The Labute approximate surface area is 239 Å². The van der Waals surface area contributed by atoms with Crippen LogP contribution < -0.4 is 15.2 Å². The van der Waals surface area contributed by atoms with Crippen molar-refractivity contribution in [1.29, 1.82) is 0 Å². The van der Waals surface area contributed by atoms with Crippen LogP contribution in [-0.4, -0.2) is 73.5 Å². The van der Waals surface area contributed by atoms with Gasteiger partial charge in [0.05, 0.1) is 23.9 Å². The molecule has 1 aliphatic heterocycles. The number of carbonyl (C=O) groups is 2. The molecular weight excluding hydrogens is 550 g/mol. The van der Waals surface area contributed by atoms with Gasteiger partial charge in [0, 0.05) is 62.7 Å². The summed E-state index contributed by atoms with van der Waals surface area (Å²) in [7, 11) is 1.62. The van der Waals surface area contributed by atoms with Gasteiger partial charge in [-0.1, -0.05) is 24.3 Å². The Morgan fingerprint density at radius 1 is 1.07 bits per heavy atom. The highest BCUT2D eigenvalue weighted by Gasteiger charge is 2.28. The van der Waals surface area contributed by atoms with Gasteiger partial charge in [0.25, 0.3) is 5.56 Å². The Bertz CT molecular complexity index is 1670. The number of carboxylic acid groups (broad SMARTS) is 1. The van der Waals surface area contributed by atoms with Crippen molar-refractivity contribution in [3.8, 4) is 16.9 Å². The molecule has 42 heavy (non-hydrogen) atoms. The molecule has 5 rings (SSSR count). The van der Waals surface area contributed by atoms with Gasteiger partial charge in [0.1, 0.15) is 5.75 Å². The van der Waals surface area contributed by atoms with E-state index in [1.807, 2.05) is 24.0 Å². The van der Waals surface area contributed by atoms with E-state index in [0.717, 1.165) is 11.1 Å². The number of fused-ring (bicyclic) bond motifs is 1. The third kappa shape index (κ3) is 5.94. The van der Waals surface area contributed by atoms with E-state index >= 15 is 0 Å². The fourth-order valence-electron chi connectivity index (χ4n) is 5.25. The van der Waals surface area contributed by atoms with E-state index in [4.69, 9.17) is 5.11 Å². The van der Waals surface area contributed by atoms with Crippen LogP contribution in [0.2, 0.25) is 0 Å². The zero-order valence-electron chi connectivity index (χ0n) is 23.1. The number of amides is 1. The van der Waals surface area contributed by atoms with Gasteiger partial charge in [-0.15, -0.1) is 0 Å². The predicted octanol–water partition coefficient (Wildman–Crippen LogP) is 3.35. The molecule has 4 aromatic rings. The molecule has 0 spiro atoms. The summed E-state index contributed by atoms with van der Waals surface area (Å²) in [6.07, 6.45) is 3.16. The Morgan fingerprint density at radius 3 is 2.50 bits per heavy atom. The maximum Gasteiger partial charge on any atom is 0.387 e. The molecule has 0 unspecified atom stereocenters. The van der Waals surface area contributed by atoms with Gasteiger partial charge in [0.15, 0.2) is 0 Å². The van der Waals surface area contributed by atoms with E-state index in [0.29, 0.717) is 42.0 Å². The third-order valence-electron chi connectivity index (χ3n) is 7.43. The minimum Gasteiger partial charge on any atom is -0.481 e. The number of piperazine rings is 1. The Balaban J connectivity index is 1.36. The minimum atomic E-state index is -2.97. The summed E-state index contributed by atoms with van der Waals surface area (Å²) in [5.74, 6) is -0.624. The Hall–Kier alpha value is -4.81. The fraction of sp³-hybridized carbons (Fsp3) is 0.345. The summed E-state index contributed by atoms with van der Waals surface area (Å²) in [6.45, 7) is 0.549. The lowest BCUT2D eigenvalue weighted by Crippen LogP contribution is -2.54. The number of alkyl halides is 2. The van der Waals surface area contributed by atoms with Crippen molar-refractivity contribution >= 4 is 28.7 Å². The predicted molar refractivity (Wildman–Crippen MR) is 151 cm³/mol. The van der Waals surface area contributed by atoms with E-state index in [9.17, 15) is 23.2 Å². The number of hydrogen-bond donors (Lipinski definition) is 1. The standard InChI is InChI=1S/C29H30F2N6O5/c1-18-16-35(11-12-36(18)25(38)9-10-26(39)40)29-32-14-21(15-33-29)19-7-8-22-23(13-19)37(34(2)27(22)41)17-20-5-3-4-6-24(20)42-28(30)31/h3-8,13-15,18,28H,9-12,16-17H2,1-2H3,(H,39,40)/t18-/m1/s1. The van der Waals surface area contributed by atoms with Crippen molar-refractivity contribution in [3.63, 3.8) is 0 Å². The van der Waals surface area contributed by atoms with Crippen LogP contribution in [0.25, 0.3) is 22.0 Å². The van der Waals surface area contributed by atoms with Gasteiger partial charge >= 0.3 is 12.6 Å². The van der Waals surface area contributed by atoms with Gasteiger partial charge in [0.2, 0.25) is 11.9 Å².